The summed E-state index contributed by atoms with van der Waals surface area (Å²) in [5, 5.41) is 25.4. The lowest BCUT2D eigenvalue weighted by molar-refractivity contribution is -0.275. The third-order valence-corrected chi connectivity index (χ3v) is 12.5. The van der Waals surface area contributed by atoms with Gasteiger partial charge in [0, 0.05) is 46.9 Å². The lowest BCUT2D eigenvalue weighted by Crippen LogP contribution is -2.53. The largest absolute Gasteiger partial charge is 0.435 e. The number of benzene rings is 3. The second-order valence-electron chi connectivity index (χ2n) is 14.0. The molecule has 322 valence electrons. The van der Waals surface area contributed by atoms with Crippen molar-refractivity contribution in [2.75, 3.05) is 23.9 Å². The van der Waals surface area contributed by atoms with Crippen LogP contribution in [0.4, 0.5) is 18.9 Å². The molecular formula is C40H31BrCl3F3N8O6S. The number of nitrogens with zero attached hydrogens (tertiary/aromatic N) is 5. The van der Waals surface area contributed by atoms with E-state index >= 15 is 0 Å². The third kappa shape index (κ3) is 9.74. The van der Waals surface area contributed by atoms with E-state index in [-0.39, 0.29) is 55.5 Å². The molecule has 1 saturated heterocycles. The number of carbonyl (C=O) groups excluding carboxylic acids is 3. The van der Waals surface area contributed by atoms with Crippen molar-refractivity contribution in [1.29, 1.82) is 5.26 Å². The van der Waals surface area contributed by atoms with Gasteiger partial charge in [0.2, 0.25) is 0 Å². The number of aryl methyl sites for hydroxylation is 2. The number of pyridine rings is 1. The van der Waals surface area contributed by atoms with Crippen LogP contribution in [0.1, 0.15) is 65.4 Å². The first-order valence-electron chi connectivity index (χ1n) is 18.0. The molecule has 14 nitrogen and oxygen atoms in total. The Hall–Kier alpha value is -5.52. The summed E-state index contributed by atoms with van der Waals surface area (Å²) < 4.78 is 66.7. The molecule has 7 rings (SSSR count). The molecule has 1 unspecified atom stereocenters. The van der Waals surface area contributed by atoms with Gasteiger partial charge in [0.25, 0.3) is 23.3 Å². The molecule has 2 aromatic heterocycles. The normalized spacial score (nSPS) is 16.7. The Morgan fingerprint density at radius 2 is 1.65 bits per heavy atom. The lowest BCUT2D eigenvalue weighted by atomic mass is 9.86. The Morgan fingerprint density at radius 3 is 2.24 bits per heavy atom. The van der Waals surface area contributed by atoms with Gasteiger partial charge in [0.15, 0.2) is 15.7 Å². The van der Waals surface area contributed by atoms with Crippen molar-refractivity contribution in [3.8, 4) is 11.9 Å². The molecule has 2 aliphatic heterocycles. The Labute approximate surface area is 375 Å². The maximum Gasteiger partial charge on any atom is 0.435 e. The van der Waals surface area contributed by atoms with Crippen LogP contribution in [0.5, 0.6) is 0 Å². The maximum atomic E-state index is 14.1. The minimum atomic E-state index is -4.82. The Bertz CT molecular complexity index is 2800. The van der Waals surface area contributed by atoms with Crippen LogP contribution in [0.25, 0.3) is 5.82 Å². The van der Waals surface area contributed by atoms with Gasteiger partial charge in [0.05, 0.1) is 51.2 Å². The van der Waals surface area contributed by atoms with Crippen molar-refractivity contribution in [2.45, 2.75) is 38.1 Å². The predicted octanol–water partition coefficient (Wildman–Crippen LogP) is 7.89. The van der Waals surface area contributed by atoms with Crippen molar-refractivity contribution >= 4 is 89.7 Å². The highest BCUT2D eigenvalue weighted by atomic mass is 79.9. The second kappa shape index (κ2) is 18.1. The Balaban J connectivity index is 0.000000209. The number of rotatable bonds is 8. The molecule has 3 aromatic carbocycles. The molecule has 1 atom stereocenters. The van der Waals surface area contributed by atoms with Crippen LogP contribution in [-0.2, 0) is 20.3 Å². The maximum absolute atomic E-state index is 14.1. The molecule has 4 heterocycles. The van der Waals surface area contributed by atoms with Gasteiger partial charge in [-0.2, -0.15) is 23.5 Å². The molecule has 5 aromatic rings. The van der Waals surface area contributed by atoms with Crippen molar-refractivity contribution in [2.24, 2.45) is 5.16 Å². The molecule has 0 aliphatic carbocycles. The summed E-state index contributed by atoms with van der Waals surface area (Å²) in [6.07, 6.45) is -3.89. The number of oxime groups is 1. The van der Waals surface area contributed by atoms with Crippen molar-refractivity contribution < 1.29 is 40.8 Å². The van der Waals surface area contributed by atoms with Gasteiger partial charge in [-0.1, -0.05) is 46.0 Å². The standard InChI is InChI=1S/C21H17Cl2F3N2O4S.C19H14BrClN6O2/c1-11-4-12(2-3-17(11)19(29)27-16-9-33(30,31)10-16)18-8-20(32-28-18,21(24,25)26)13-5-14(22)7-15(23)6-13;1-10-6-11(9-22)7-12(18(28)23-2)16(10)25-19(29)14-8-15(20)26-27(14)17-13(21)4-3-5-24-17/h2-7,16H,8-10H2,1H3,(H,27,29);3-8H,1-2H3,(H,23,28)(H,25,29). The summed E-state index contributed by atoms with van der Waals surface area (Å²) in [6.45, 7) is 3.33. The number of alkyl halides is 3. The zero-order chi connectivity index (χ0) is 45.3. The first-order chi connectivity index (χ1) is 29.1. The van der Waals surface area contributed by atoms with Crippen LogP contribution in [-0.4, -0.2) is 77.4 Å². The highest BCUT2D eigenvalue weighted by Crippen LogP contribution is 2.49. The first kappa shape index (κ1) is 46.0. The van der Waals surface area contributed by atoms with Crippen molar-refractivity contribution in [1.82, 2.24) is 25.4 Å². The van der Waals surface area contributed by atoms with E-state index in [1.165, 1.54) is 54.3 Å². The van der Waals surface area contributed by atoms with E-state index in [1.54, 1.807) is 32.0 Å². The third-order valence-electron chi connectivity index (χ3n) is 9.59. The number of sulfone groups is 1. The molecular weight excluding hydrogens is 964 g/mol. The molecule has 3 N–H and O–H groups in total. The summed E-state index contributed by atoms with van der Waals surface area (Å²) in [4.78, 5) is 47.0. The van der Waals surface area contributed by atoms with Crippen LogP contribution in [0, 0.1) is 25.2 Å². The van der Waals surface area contributed by atoms with Gasteiger partial charge in [-0.3, -0.25) is 14.4 Å². The highest BCUT2D eigenvalue weighted by molar-refractivity contribution is 9.10. The average molecular weight is 995 g/mol. The van der Waals surface area contributed by atoms with Gasteiger partial charge in [-0.15, -0.1) is 0 Å². The minimum Gasteiger partial charge on any atom is -0.374 e. The van der Waals surface area contributed by atoms with Gasteiger partial charge < -0.3 is 20.8 Å². The molecule has 2 aliphatic rings. The number of nitriles is 1. The number of nitrogens with one attached hydrogen (secondary N) is 3. The van der Waals surface area contributed by atoms with E-state index < -0.39 is 51.8 Å². The summed E-state index contributed by atoms with van der Waals surface area (Å²) >= 11 is 21.3. The fourth-order valence-corrected chi connectivity index (χ4v) is 8.97. The summed E-state index contributed by atoms with van der Waals surface area (Å²) in [7, 11) is -1.62. The van der Waals surface area contributed by atoms with E-state index in [0.29, 0.717) is 37.6 Å². The number of carbonyl (C=O) groups is 3. The van der Waals surface area contributed by atoms with Crippen LogP contribution in [0.15, 0.2) is 82.7 Å². The lowest BCUT2D eigenvalue weighted by Gasteiger charge is -2.29. The number of amides is 3. The number of halogens is 7. The van der Waals surface area contributed by atoms with E-state index in [4.69, 9.17) is 39.6 Å². The van der Waals surface area contributed by atoms with E-state index in [1.807, 2.05) is 6.07 Å². The SMILES string of the molecule is CNC(=O)c1cc(C#N)cc(C)c1NC(=O)c1cc(Br)nn1-c1ncccc1Cl.Cc1cc(C2=NOC(c3cc(Cl)cc(Cl)c3)(C(F)(F)F)C2)ccc1C(=O)NC1CS(=O)(=O)C1. The average Bonchev–Trinajstić information content (AvgIpc) is 3.83. The monoisotopic (exact) mass is 992 g/mol. The smallest absolute Gasteiger partial charge is 0.374 e. The Kier molecular flexibility index (Phi) is 13.4. The van der Waals surface area contributed by atoms with Crippen molar-refractivity contribution in [3.05, 3.63) is 137 Å². The van der Waals surface area contributed by atoms with Gasteiger partial charge in [0.1, 0.15) is 10.3 Å². The van der Waals surface area contributed by atoms with E-state index in [0.717, 1.165) is 12.1 Å². The zero-order valence-electron chi connectivity index (χ0n) is 32.4. The molecule has 22 heteroatoms. The second-order valence-corrected chi connectivity index (χ2v) is 18.2. The zero-order valence-corrected chi connectivity index (χ0v) is 37.0. The predicted molar refractivity (Wildman–Crippen MR) is 229 cm³/mol. The fraction of sp³-hybridized carbons (Fsp3) is 0.225. The van der Waals surface area contributed by atoms with Crippen LogP contribution in [0.3, 0.4) is 0 Å². The molecule has 0 radical (unpaired) electrons. The van der Waals surface area contributed by atoms with Gasteiger partial charge in [-0.25, -0.2) is 18.1 Å². The number of anilines is 1. The number of hydrogen-bond donors (Lipinski definition) is 3. The van der Waals surface area contributed by atoms with E-state index in [9.17, 15) is 41.2 Å². The molecule has 0 bridgehead atoms. The van der Waals surface area contributed by atoms with Gasteiger partial charge >= 0.3 is 6.18 Å². The van der Waals surface area contributed by atoms with E-state index in [2.05, 4.69) is 47.1 Å². The molecule has 3 amide bonds. The summed E-state index contributed by atoms with van der Waals surface area (Å²) in [5.41, 5.74) is -0.337. The number of hydrogen-bond acceptors (Lipinski definition) is 10. The topological polar surface area (TPSA) is 198 Å². The van der Waals surface area contributed by atoms with Gasteiger partial charge in [-0.05, 0) is 101 Å². The quantitative estimate of drug-likeness (QED) is 0.138. The summed E-state index contributed by atoms with van der Waals surface area (Å²) in [5.74, 6) is -1.35. The minimum absolute atomic E-state index is 0.0312. The molecule has 0 saturated carbocycles. The number of aromatic nitrogens is 3. The molecule has 1 fully saturated rings. The van der Waals surface area contributed by atoms with Crippen molar-refractivity contribution in [3.63, 3.8) is 0 Å². The molecule has 0 spiro atoms. The van der Waals surface area contributed by atoms with Crippen LogP contribution in [0.2, 0.25) is 15.1 Å². The summed E-state index contributed by atoms with van der Waals surface area (Å²) in [6, 6.07) is 17.4. The first-order valence-corrected chi connectivity index (χ1v) is 21.8. The van der Waals surface area contributed by atoms with Crippen LogP contribution < -0.4 is 16.0 Å². The van der Waals surface area contributed by atoms with Crippen LogP contribution >= 0.6 is 50.7 Å². The fourth-order valence-electron chi connectivity index (χ4n) is 6.57. The Morgan fingerprint density at radius 1 is 0.952 bits per heavy atom. The molecule has 62 heavy (non-hydrogen) atoms. The highest BCUT2D eigenvalue weighted by Gasteiger charge is 2.62.